The Kier molecular flexibility index (Phi) is 4.31. The van der Waals surface area contributed by atoms with E-state index in [4.69, 9.17) is 4.74 Å². The average Bonchev–Trinajstić information content (AvgIpc) is 2.93. The molecule has 20 heavy (non-hydrogen) atoms. The minimum atomic E-state index is 0.0441. The van der Waals surface area contributed by atoms with E-state index in [-0.39, 0.29) is 6.23 Å². The van der Waals surface area contributed by atoms with Crippen molar-refractivity contribution < 1.29 is 4.74 Å². The molecule has 1 atom stereocenters. The highest BCUT2D eigenvalue weighted by Gasteiger charge is 2.27. The van der Waals surface area contributed by atoms with Crippen LogP contribution in [0.5, 0.6) is 0 Å². The molecular weight excluding hydrogens is 250 g/mol. The Balaban J connectivity index is 1.90. The summed E-state index contributed by atoms with van der Waals surface area (Å²) in [4.78, 5) is 0. The maximum atomic E-state index is 6.14. The molecule has 0 N–H and O–H groups in total. The van der Waals surface area contributed by atoms with Gasteiger partial charge in [-0.2, -0.15) is 0 Å². The van der Waals surface area contributed by atoms with Crippen LogP contribution in [0.15, 0.2) is 24.3 Å². The van der Waals surface area contributed by atoms with E-state index in [1.54, 1.807) is 0 Å². The minimum Gasteiger partial charge on any atom is -0.356 e. The lowest BCUT2D eigenvalue weighted by atomic mass is 9.88. The van der Waals surface area contributed by atoms with Gasteiger partial charge in [0.05, 0.1) is 5.52 Å². The number of fused-ring (bicyclic) bond motifs is 1. The standard InChI is InChI=1S/C16H23N3O/c1-2-12-20-16(13-8-4-3-5-9-13)19-15-11-7-6-10-14(15)17-18-19/h6-7,10-11,13,16H,2-5,8-9,12H2,1H3. The summed E-state index contributed by atoms with van der Waals surface area (Å²) in [5, 5.41) is 8.64. The van der Waals surface area contributed by atoms with Gasteiger partial charge < -0.3 is 4.74 Å². The minimum absolute atomic E-state index is 0.0441. The summed E-state index contributed by atoms with van der Waals surface area (Å²) in [5.74, 6) is 0.570. The molecule has 1 aromatic heterocycles. The van der Waals surface area contributed by atoms with E-state index in [0.29, 0.717) is 5.92 Å². The monoisotopic (exact) mass is 273 g/mol. The molecule has 4 nitrogen and oxygen atoms in total. The summed E-state index contributed by atoms with van der Waals surface area (Å²) in [6.07, 6.45) is 7.53. The largest absolute Gasteiger partial charge is 0.356 e. The van der Waals surface area contributed by atoms with Gasteiger partial charge in [-0.25, -0.2) is 4.68 Å². The topological polar surface area (TPSA) is 39.9 Å². The van der Waals surface area contributed by atoms with Crippen LogP contribution in [0.3, 0.4) is 0 Å². The Morgan fingerprint density at radius 3 is 2.85 bits per heavy atom. The molecule has 1 aromatic carbocycles. The van der Waals surface area contributed by atoms with Crippen molar-refractivity contribution in [3.63, 3.8) is 0 Å². The number of hydrogen-bond acceptors (Lipinski definition) is 3. The van der Waals surface area contributed by atoms with Crippen molar-refractivity contribution in [2.45, 2.75) is 51.7 Å². The van der Waals surface area contributed by atoms with Gasteiger partial charge >= 0.3 is 0 Å². The van der Waals surface area contributed by atoms with Gasteiger partial charge in [-0.15, -0.1) is 5.10 Å². The van der Waals surface area contributed by atoms with Gasteiger partial charge in [0.1, 0.15) is 5.52 Å². The quantitative estimate of drug-likeness (QED) is 0.828. The molecule has 108 valence electrons. The molecular formula is C16H23N3O. The predicted molar refractivity (Wildman–Crippen MR) is 79.4 cm³/mol. The van der Waals surface area contributed by atoms with Crippen LogP contribution in [0, 0.1) is 5.92 Å². The van der Waals surface area contributed by atoms with E-state index < -0.39 is 0 Å². The summed E-state index contributed by atoms with van der Waals surface area (Å²) in [7, 11) is 0. The number of nitrogens with zero attached hydrogens (tertiary/aromatic N) is 3. The van der Waals surface area contributed by atoms with Crippen LogP contribution in [0.1, 0.15) is 51.7 Å². The molecule has 0 bridgehead atoms. The summed E-state index contributed by atoms with van der Waals surface area (Å²) in [5.41, 5.74) is 2.03. The number of para-hydroxylation sites is 1. The van der Waals surface area contributed by atoms with Crippen molar-refractivity contribution in [3.8, 4) is 0 Å². The Labute approximate surface area is 120 Å². The molecule has 0 spiro atoms. The van der Waals surface area contributed by atoms with E-state index >= 15 is 0 Å². The van der Waals surface area contributed by atoms with Crippen molar-refractivity contribution in [3.05, 3.63) is 24.3 Å². The molecule has 0 aliphatic heterocycles. The second-order valence-electron chi connectivity index (χ2n) is 5.68. The van der Waals surface area contributed by atoms with Crippen LogP contribution in [0.4, 0.5) is 0 Å². The fourth-order valence-electron chi connectivity index (χ4n) is 3.14. The van der Waals surface area contributed by atoms with Gasteiger partial charge in [-0.05, 0) is 31.4 Å². The number of benzene rings is 1. The van der Waals surface area contributed by atoms with Gasteiger partial charge in [0.25, 0.3) is 0 Å². The van der Waals surface area contributed by atoms with Gasteiger partial charge in [0, 0.05) is 12.5 Å². The molecule has 1 saturated carbocycles. The SMILES string of the molecule is CCCOC(C1CCCCC1)n1nnc2ccccc21. The van der Waals surface area contributed by atoms with Gasteiger partial charge in [0.2, 0.25) is 0 Å². The number of aromatic nitrogens is 3. The average molecular weight is 273 g/mol. The molecule has 3 rings (SSSR count). The maximum absolute atomic E-state index is 6.14. The number of hydrogen-bond donors (Lipinski definition) is 0. The van der Waals surface area contributed by atoms with Crippen LogP contribution in [-0.4, -0.2) is 21.6 Å². The first kappa shape index (κ1) is 13.6. The van der Waals surface area contributed by atoms with Gasteiger partial charge in [-0.3, -0.25) is 0 Å². The van der Waals surface area contributed by atoms with E-state index in [1.807, 2.05) is 22.9 Å². The summed E-state index contributed by atoms with van der Waals surface area (Å²) < 4.78 is 8.14. The number of rotatable bonds is 5. The molecule has 0 radical (unpaired) electrons. The molecule has 1 heterocycles. The molecule has 1 aliphatic rings. The first-order valence-electron chi connectivity index (χ1n) is 7.81. The van der Waals surface area contributed by atoms with E-state index in [1.165, 1.54) is 32.1 Å². The van der Waals surface area contributed by atoms with Gasteiger partial charge in [-0.1, -0.05) is 43.5 Å². The van der Waals surface area contributed by atoms with Crippen LogP contribution in [0.25, 0.3) is 11.0 Å². The zero-order valence-corrected chi connectivity index (χ0v) is 12.2. The second-order valence-corrected chi connectivity index (χ2v) is 5.68. The highest BCUT2D eigenvalue weighted by Crippen LogP contribution is 2.34. The summed E-state index contributed by atoms with van der Waals surface area (Å²) in [6, 6.07) is 8.14. The molecule has 0 saturated heterocycles. The summed E-state index contributed by atoms with van der Waals surface area (Å²) >= 11 is 0. The van der Waals surface area contributed by atoms with E-state index in [2.05, 4.69) is 23.3 Å². The Morgan fingerprint density at radius 2 is 2.05 bits per heavy atom. The van der Waals surface area contributed by atoms with Crippen molar-refractivity contribution in [2.75, 3.05) is 6.61 Å². The third kappa shape index (κ3) is 2.70. The first-order chi connectivity index (χ1) is 9.90. The zero-order chi connectivity index (χ0) is 13.8. The molecule has 0 amide bonds. The highest BCUT2D eigenvalue weighted by atomic mass is 16.5. The second kappa shape index (κ2) is 6.35. The lowest BCUT2D eigenvalue weighted by molar-refractivity contribution is -0.0553. The Morgan fingerprint density at radius 1 is 1.25 bits per heavy atom. The first-order valence-corrected chi connectivity index (χ1v) is 7.81. The number of ether oxygens (including phenoxy) is 1. The van der Waals surface area contributed by atoms with Crippen molar-refractivity contribution in [2.24, 2.45) is 5.92 Å². The zero-order valence-electron chi connectivity index (χ0n) is 12.2. The fraction of sp³-hybridized carbons (Fsp3) is 0.625. The van der Waals surface area contributed by atoms with Crippen molar-refractivity contribution in [1.29, 1.82) is 0 Å². The van der Waals surface area contributed by atoms with Crippen molar-refractivity contribution in [1.82, 2.24) is 15.0 Å². The van der Waals surface area contributed by atoms with Crippen LogP contribution in [-0.2, 0) is 4.74 Å². The molecule has 4 heteroatoms. The maximum Gasteiger partial charge on any atom is 0.155 e. The smallest absolute Gasteiger partial charge is 0.155 e. The fourth-order valence-corrected chi connectivity index (χ4v) is 3.14. The Bertz CT molecular complexity index is 545. The van der Waals surface area contributed by atoms with Crippen LogP contribution < -0.4 is 0 Å². The summed E-state index contributed by atoms with van der Waals surface area (Å²) in [6.45, 7) is 2.94. The molecule has 1 unspecified atom stereocenters. The third-order valence-corrected chi connectivity index (χ3v) is 4.16. The predicted octanol–water partition coefficient (Wildman–Crippen LogP) is 3.94. The van der Waals surface area contributed by atoms with Crippen molar-refractivity contribution >= 4 is 11.0 Å². The van der Waals surface area contributed by atoms with Gasteiger partial charge in [0.15, 0.2) is 6.23 Å². The van der Waals surface area contributed by atoms with Crippen LogP contribution >= 0.6 is 0 Å². The normalized spacial score (nSPS) is 18.4. The lowest BCUT2D eigenvalue weighted by Gasteiger charge is -2.30. The highest BCUT2D eigenvalue weighted by molar-refractivity contribution is 5.73. The molecule has 1 fully saturated rings. The third-order valence-electron chi connectivity index (χ3n) is 4.16. The van der Waals surface area contributed by atoms with E-state index in [0.717, 1.165) is 24.1 Å². The van der Waals surface area contributed by atoms with Crippen LogP contribution in [0.2, 0.25) is 0 Å². The molecule has 2 aromatic rings. The lowest BCUT2D eigenvalue weighted by Crippen LogP contribution is -2.25. The Hall–Kier alpha value is -1.42. The molecule has 1 aliphatic carbocycles. The van der Waals surface area contributed by atoms with E-state index in [9.17, 15) is 0 Å².